The Labute approximate surface area is 179 Å². The van der Waals surface area contributed by atoms with Gasteiger partial charge in [-0.15, -0.1) is 0 Å². The zero-order valence-corrected chi connectivity index (χ0v) is 16.9. The van der Waals surface area contributed by atoms with Gasteiger partial charge in [-0.1, -0.05) is 48.0 Å². The van der Waals surface area contributed by atoms with E-state index in [9.17, 15) is 9.59 Å². The lowest BCUT2D eigenvalue weighted by atomic mass is 10.1. The summed E-state index contributed by atoms with van der Waals surface area (Å²) in [7, 11) is 0. The average molecular weight is 416 g/mol. The van der Waals surface area contributed by atoms with Gasteiger partial charge in [0.15, 0.2) is 0 Å². The van der Waals surface area contributed by atoms with Crippen LogP contribution in [0.3, 0.4) is 0 Å². The van der Waals surface area contributed by atoms with Crippen molar-refractivity contribution in [3.05, 3.63) is 101 Å². The van der Waals surface area contributed by atoms with Crippen LogP contribution in [-0.2, 0) is 4.79 Å². The van der Waals surface area contributed by atoms with Crippen LogP contribution < -0.4 is 10.3 Å². The van der Waals surface area contributed by atoms with E-state index < -0.39 is 0 Å². The Morgan fingerprint density at radius 2 is 1.73 bits per heavy atom. The number of carbonyl (C=O) groups is 2. The lowest BCUT2D eigenvalue weighted by Gasteiger charge is -2.11. The number of amides is 2. The van der Waals surface area contributed by atoms with Gasteiger partial charge in [0.1, 0.15) is 0 Å². The maximum atomic E-state index is 12.8. The number of hydrogen-bond donors (Lipinski definition) is 1. The third kappa shape index (κ3) is 4.16. The molecule has 0 saturated carbocycles. The van der Waals surface area contributed by atoms with E-state index in [4.69, 9.17) is 11.6 Å². The number of nitrogens with one attached hydrogen (secondary N) is 1. The van der Waals surface area contributed by atoms with Crippen LogP contribution in [0.2, 0.25) is 5.02 Å². The second kappa shape index (κ2) is 8.35. The largest absolute Gasteiger partial charge is 0.322 e. The number of carbonyl (C=O) groups excluding carboxylic acids is 2. The van der Waals surface area contributed by atoms with Gasteiger partial charge in [0.25, 0.3) is 11.8 Å². The van der Waals surface area contributed by atoms with Crippen molar-refractivity contribution in [1.82, 2.24) is 0 Å². The zero-order chi connectivity index (χ0) is 21.1. The van der Waals surface area contributed by atoms with Crippen LogP contribution in [-0.4, -0.2) is 17.5 Å². The number of halogens is 1. The minimum atomic E-state index is -0.240. The molecule has 3 aromatic rings. The van der Waals surface area contributed by atoms with Gasteiger partial charge in [-0.2, -0.15) is 10.1 Å². The average Bonchev–Trinajstić information content (AvgIpc) is 3.04. The smallest absolute Gasteiger partial charge is 0.280 e. The second-order valence-electron chi connectivity index (χ2n) is 6.78. The van der Waals surface area contributed by atoms with Crippen molar-refractivity contribution in [2.24, 2.45) is 5.10 Å². The third-order valence-electron chi connectivity index (χ3n) is 4.63. The Hall–Kier alpha value is -3.70. The summed E-state index contributed by atoms with van der Waals surface area (Å²) >= 11 is 5.94. The van der Waals surface area contributed by atoms with Gasteiger partial charge in [0.05, 0.1) is 17.0 Å². The molecule has 5 nitrogen and oxygen atoms in total. The molecule has 0 fully saturated rings. The first-order valence-corrected chi connectivity index (χ1v) is 9.73. The van der Waals surface area contributed by atoms with Crippen LogP contribution in [0.15, 0.2) is 89.5 Å². The van der Waals surface area contributed by atoms with E-state index in [2.05, 4.69) is 10.4 Å². The highest BCUT2D eigenvalue weighted by Crippen LogP contribution is 2.25. The summed E-state index contributed by atoms with van der Waals surface area (Å²) < 4.78 is 0. The Morgan fingerprint density at radius 3 is 2.43 bits per heavy atom. The molecule has 3 aromatic carbocycles. The number of para-hydroxylation sites is 1. The van der Waals surface area contributed by atoms with Gasteiger partial charge in [0.2, 0.25) is 0 Å². The lowest BCUT2D eigenvalue weighted by molar-refractivity contribution is -0.114. The van der Waals surface area contributed by atoms with Gasteiger partial charge < -0.3 is 5.32 Å². The molecule has 30 heavy (non-hydrogen) atoms. The van der Waals surface area contributed by atoms with Gasteiger partial charge in [-0.05, 0) is 61.0 Å². The standard InChI is InChI=1S/C24H18ClN3O2/c1-16-22(24(30)28(27-16)21-8-3-2-4-9-21)14-17-10-12-20(13-11-17)26-23(29)18-6-5-7-19(25)15-18/h2-15H,1H3,(H,26,29)/b22-14+. The molecule has 0 aliphatic carbocycles. The number of hydrazone groups is 1. The normalized spacial score (nSPS) is 14.7. The fourth-order valence-electron chi connectivity index (χ4n) is 3.09. The molecule has 0 spiro atoms. The molecule has 2 amide bonds. The van der Waals surface area contributed by atoms with Crippen LogP contribution in [0.1, 0.15) is 22.8 Å². The summed E-state index contributed by atoms with van der Waals surface area (Å²) in [5.41, 5.74) is 3.89. The molecule has 1 aliphatic rings. The van der Waals surface area contributed by atoms with E-state index in [1.807, 2.05) is 49.4 Å². The minimum absolute atomic E-state index is 0.169. The molecule has 6 heteroatoms. The van der Waals surface area contributed by atoms with Crippen LogP contribution in [0.4, 0.5) is 11.4 Å². The summed E-state index contributed by atoms with van der Waals surface area (Å²) in [5.74, 6) is -0.409. The van der Waals surface area contributed by atoms with Crippen LogP contribution in [0, 0.1) is 0 Å². The van der Waals surface area contributed by atoms with E-state index in [0.717, 1.165) is 11.3 Å². The highest BCUT2D eigenvalue weighted by Gasteiger charge is 2.28. The van der Waals surface area contributed by atoms with Crippen LogP contribution in [0.5, 0.6) is 0 Å². The summed E-state index contributed by atoms with van der Waals surface area (Å²) in [6, 6.07) is 23.3. The van der Waals surface area contributed by atoms with E-state index in [1.54, 1.807) is 42.5 Å². The van der Waals surface area contributed by atoms with Gasteiger partial charge in [-0.25, -0.2) is 0 Å². The number of nitrogens with zero attached hydrogens (tertiary/aromatic N) is 2. The van der Waals surface area contributed by atoms with Crippen molar-refractivity contribution in [3.63, 3.8) is 0 Å². The molecule has 1 N–H and O–H groups in total. The maximum Gasteiger partial charge on any atom is 0.280 e. The molecular weight excluding hydrogens is 398 g/mol. The van der Waals surface area contributed by atoms with Gasteiger partial charge in [-0.3, -0.25) is 9.59 Å². The monoisotopic (exact) mass is 415 g/mol. The number of rotatable bonds is 4. The van der Waals surface area contributed by atoms with E-state index in [0.29, 0.717) is 27.6 Å². The Kier molecular flexibility index (Phi) is 5.46. The number of anilines is 2. The fourth-order valence-corrected chi connectivity index (χ4v) is 3.28. The van der Waals surface area contributed by atoms with Crippen molar-refractivity contribution in [1.29, 1.82) is 0 Å². The molecule has 0 bridgehead atoms. The van der Waals surface area contributed by atoms with Crippen molar-refractivity contribution in [2.45, 2.75) is 6.92 Å². The molecule has 4 rings (SSSR count). The van der Waals surface area contributed by atoms with Crippen molar-refractivity contribution >= 4 is 46.6 Å². The molecule has 1 aliphatic heterocycles. The first-order valence-electron chi connectivity index (χ1n) is 9.35. The van der Waals surface area contributed by atoms with E-state index in [1.165, 1.54) is 5.01 Å². The van der Waals surface area contributed by atoms with E-state index >= 15 is 0 Å². The first kappa shape index (κ1) is 19.6. The summed E-state index contributed by atoms with van der Waals surface area (Å²) in [6.07, 6.45) is 1.80. The molecular formula is C24H18ClN3O2. The van der Waals surface area contributed by atoms with Crippen molar-refractivity contribution < 1.29 is 9.59 Å². The molecule has 148 valence electrons. The minimum Gasteiger partial charge on any atom is -0.322 e. The quantitative estimate of drug-likeness (QED) is 0.580. The van der Waals surface area contributed by atoms with E-state index in [-0.39, 0.29) is 11.8 Å². The number of hydrogen-bond acceptors (Lipinski definition) is 3. The Bertz CT molecular complexity index is 1170. The lowest BCUT2D eigenvalue weighted by Crippen LogP contribution is -2.21. The molecule has 0 radical (unpaired) electrons. The van der Waals surface area contributed by atoms with Crippen LogP contribution in [0.25, 0.3) is 6.08 Å². The number of benzene rings is 3. The van der Waals surface area contributed by atoms with Gasteiger partial charge in [0, 0.05) is 16.3 Å². The molecule has 0 aromatic heterocycles. The summed E-state index contributed by atoms with van der Waals surface area (Å²) in [5, 5.41) is 9.12. The zero-order valence-electron chi connectivity index (χ0n) is 16.2. The predicted octanol–water partition coefficient (Wildman–Crippen LogP) is 5.40. The first-order chi connectivity index (χ1) is 14.5. The SMILES string of the molecule is CC1=NN(c2ccccc2)C(=O)/C1=C/c1ccc(NC(=O)c2cccc(Cl)c2)cc1. The predicted molar refractivity (Wildman–Crippen MR) is 121 cm³/mol. The maximum absolute atomic E-state index is 12.8. The Morgan fingerprint density at radius 1 is 1.00 bits per heavy atom. The van der Waals surface area contributed by atoms with Crippen molar-refractivity contribution in [3.8, 4) is 0 Å². The fraction of sp³-hybridized carbons (Fsp3) is 0.0417. The van der Waals surface area contributed by atoms with Crippen molar-refractivity contribution in [2.75, 3.05) is 10.3 Å². The third-order valence-corrected chi connectivity index (χ3v) is 4.86. The van der Waals surface area contributed by atoms with Gasteiger partial charge >= 0.3 is 0 Å². The Balaban J connectivity index is 1.49. The highest BCUT2D eigenvalue weighted by atomic mass is 35.5. The molecule has 0 atom stereocenters. The summed E-state index contributed by atoms with van der Waals surface area (Å²) in [6.45, 7) is 1.81. The summed E-state index contributed by atoms with van der Waals surface area (Å²) in [4.78, 5) is 25.1. The molecule has 1 heterocycles. The topological polar surface area (TPSA) is 61.8 Å². The second-order valence-corrected chi connectivity index (χ2v) is 7.22. The highest BCUT2D eigenvalue weighted by molar-refractivity contribution is 6.32. The van der Waals surface area contributed by atoms with Crippen LogP contribution >= 0.6 is 11.6 Å². The molecule has 0 unspecified atom stereocenters. The molecule has 0 saturated heterocycles.